The van der Waals surface area contributed by atoms with E-state index < -0.39 is 0 Å². The second-order valence-electron chi connectivity index (χ2n) is 5.03. The lowest BCUT2D eigenvalue weighted by atomic mass is 10.2. The molecule has 20 heavy (non-hydrogen) atoms. The van der Waals surface area contributed by atoms with Crippen LogP contribution in [0.1, 0.15) is 17.3 Å². The quantitative estimate of drug-likeness (QED) is 0.754. The smallest absolute Gasteiger partial charge is 0.251 e. The number of carbonyl (C=O) groups excluding carboxylic acids is 2. The van der Waals surface area contributed by atoms with Gasteiger partial charge < -0.3 is 15.1 Å². The molecule has 2 rings (SSSR count). The predicted molar refractivity (Wildman–Crippen MR) is 76.6 cm³/mol. The first-order valence-corrected chi connectivity index (χ1v) is 7.15. The molecule has 1 heterocycles. The fraction of sp³-hybridized carbons (Fsp3) is 0.467. The van der Waals surface area contributed by atoms with Gasteiger partial charge in [0.05, 0.1) is 39.3 Å². The second kappa shape index (κ2) is 7.05. The van der Waals surface area contributed by atoms with Crippen molar-refractivity contribution >= 4 is 11.8 Å². The van der Waals surface area contributed by atoms with Crippen molar-refractivity contribution in [1.29, 1.82) is 0 Å². The number of carbonyl (C=O) groups is 2. The third-order valence-electron chi connectivity index (χ3n) is 3.76. The van der Waals surface area contributed by atoms with E-state index in [1.54, 1.807) is 12.1 Å². The lowest BCUT2D eigenvalue weighted by Gasteiger charge is -2.31. The molecule has 1 aromatic rings. The normalized spacial score (nSPS) is 15.9. The van der Waals surface area contributed by atoms with Crippen molar-refractivity contribution in [2.45, 2.75) is 6.92 Å². The molecular formula is C15H22N3O2+. The summed E-state index contributed by atoms with van der Waals surface area (Å²) < 4.78 is 0. The van der Waals surface area contributed by atoms with E-state index in [2.05, 4.69) is 12.2 Å². The number of quaternary nitrogens is 1. The van der Waals surface area contributed by atoms with E-state index in [1.165, 1.54) is 4.90 Å². The molecule has 1 saturated heterocycles. The van der Waals surface area contributed by atoms with E-state index in [0.717, 1.165) is 32.7 Å². The Hall–Kier alpha value is -1.88. The average Bonchev–Trinajstić information content (AvgIpc) is 2.53. The fourth-order valence-electron chi connectivity index (χ4n) is 2.39. The van der Waals surface area contributed by atoms with Crippen molar-refractivity contribution in [2.24, 2.45) is 0 Å². The zero-order valence-corrected chi connectivity index (χ0v) is 11.9. The SMILES string of the molecule is CC[NH+]1CCN(C(=O)CNC(=O)c2ccccc2)CC1. The molecule has 0 spiro atoms. The fourth-order valence-corrected chi connectivity index (χ4v) is 2.39. The van der Waals surface area contributed by atoms with Gasteiger partial charge in [-0.15, -0.1) is 0 Å². The maximum atomic E-state index is 12.0. The molecule has 2 N–H and O–H groups in total. The van der Waals surface area contributed by atoms with Gasteiger partial charge in [0, 0.05) is 5.56 Å². The predicted octanol–water partition coefficient (Wildman–Crippen LogP) is -0.837. The molecule has 0 unspecified atom stereocenters. The summed E-state index contributed by atoms with van der Waals surface area (Å²) in [6.07, 6.45) is 0. The standard InChI is InChI=1S/C15H21N3O2/c1-2-17-8-10-18(11-9-17)14(19)12-16-15(20)13-6-4-3-5-7-13/h3-7H,2,8-12H2,1H3,(H,16,20)/p+1. The minimum atomic E-state index is -0.197. The summed E-state index contributed by atoms with van der Waals surface area (Å²) in [5.41, 5.74) is 0.584. The molecule has 0 radical (unpaired) electrons. The molecule has 1 aromatic carbocycles. The molecule has 0 aromatic heterocycles. The molecule has 2 amide bonds. The highest BCUT2D eigenvalue weighted by molar-refractivity contribution is 5.96. The lowest BCUT2D eigenvalue weighted by molar-refractivity contribution is -0.902. The van der Waals surface area contributed by atoms with Gasteiger partial charge in [0.2, 0.25) is 5.91 Å². The lowest BCUT2D eigenvalue weighted by Crippen LogP contribution is -3.14. The summed E-state index contributed by atoms with van der Waals surface area (Å²) in [4.78, 5) is 27.2. The molecule has 1 aliphatic heterocycles. The van der Waals surface area contributed by atoms with E-state index in [0.29, 0.717) is 5.56 Å². The first-order chi connectivity index (χ1) is 9.70. The first kappa shape index (κ1) is 14.5. The molecule has 0 aliphatic carbocycles. The van der Waals surface area contributed by atoms with Gasteiger partial charge in [-0.25, -0.2) is 0 Å². The summed E-state index contributed by atoms with van der Waals surface area (Å²) in [5.74, 6) is -0.193. The molecule has 0 atom stereocenters. The highest BCUT2D eigenvalue weighted by Gasteiger charge is 2.22. The summed E-state index contributed by atoms with van der Waals surface area (Å²) in [6, 6.07) is 8.96. The van der Waals surface area contributed by atoms with Crippen LogP contribution < -0.4 is 10.2 Å². The van der Waals surface area contributed by atoms with Crippen molar-refractivity contribution in [3.8, 4) is 0 Å². The van der Waals surface area contributed by atoms with Crippen LogP contribution in [0.2, 0.25) is 0 Å². The Morgan fingerprint density at radius 1 is 1.20 bits per heavy atom. The van der Waals surface area contributed by atoms with Crippen LogP contribution in [0.15, 0.2) is 30.3 Å². The third-order valence-corrected chi connectivity index (χ3v) is 3.76. The third kappa shape index (κ3) is 3.81. The molecule has 0 saturated carbocycles. The van der Waals surface area contributed by atoms with Gasteiger partial charge in [0.25, 0.3) is 5.91 Å². The Labute approximate surface area is 119 Å². The van der Waals surface area contributed by atoms with Crippen molar-refractivity contribution in [3.63, 3.8) is 0 Å². The monoisotopic (exact) mass is 276 g/mol. The highest BCUT2D eigenvalue weighted by atomic mass is 16.2. The van der Waals surface area contributed by atoms with Gasteiger partial charge >= 0.3 is 0 Å². The molecule has 1 fully saturated rings. The van der Waals surface area contributed by atoms with Gasteiger partial charge in [-0.05, 0) is 19.1 Å². The largest absolute Gasteiger partial charge is 0.343 e. The van der Waals surface area contributed by atoms with Crippen LogP contribution in [-0.4, -0.2) is 56.0 Å². The van der Waals surface area contributed by atoms with Crippen molar-refractivity contribution in [3.05, 3.63) is 35.9 Å². The van der Waals surface area contributed by atoms with Crippen molar-refractivity contribution < 1.29 is 14.5 Å². The molecule has 108 valence electrons. The number of amides is 2. The number of nitrogens with one attached hydrogen (secondary N) is 2. The van der Waals surface area contributed by atoms with Crippen LogP contribution in [0.4, 0.5) is 0 Å². The topological polar surface area (TPSA) is 53.9 Å². The molecule has 1 aliphatic rings. The summed E-state index contributed by atoms with van der Waals surface area (Å²) in [6.45, 7) is 6.89. The number of likely N-dealkylation sites (N-methyl/N-ethyl adjacent to an activating group) is 1. The zero-order valence-electron chi connectivity index (χ0n) is 11.9. The summed E-state index contributed by atoms with van der Waals surface area (Å²) in [7, 11) is 0. The summed E-state index contributed by atoms with van der Waals surface area (Å²) >= 11 is 0. The number of hydrogen-bond acceptors (Lipinski definition) is 2. The van der Waals surface area contributed by atoms with Crippen LogP contribution in [0.25, 0.3) is 0 Å². The Bertz CT molecular complexity index is 453. The Balaban J connectivity index is 1.77. The number of rotatable bonds is 4. The maximum absolute atomic E-state index is 12.0. The summed E-state index contributed by atoms with van der Waals surface area (Å²) in [5, 5.41) is 2.68. The second-order valence-corrected chi connectivity index (χ2v) is 5.03. The van der Waals surface area contributed by atoms with E-state index in [9.17, 15) is 9.59 Å². The van der Waals surface area contributed by atoms with Crippen LogP contribution in [0, 0.1) is 0 Å². The molecule has 0 bridgehead atoms. The van der Waals surface area contributed by atoms with Crippen molar-refractivity contribution in [1.82, 2.24) is 10.2 Å². The maximum Gasteiger partial charge on any atom is 0.251 e. The molecule has 5 heteroatoms. The van der Waals surface area contributed by atoms with E-state index in [1.807, 2.05) is 23.1 Å². The van der Waals surface area contributed by atoms with E-state index in [4.69, 9.17) is 0 Å². The average molecular weight is 276 g/mol. The zero-order chi connectivity index (χ0) is 14.4. The number of benzene rings is 1. The number of nitrogens with zero attached hydrogens (tertiary/aromatic N) is 1. The minimum Gasteiger partial charge on any atom is -0.343 e. The van der Waals surface area contributed by atoms with Crippen molar-refractivity contribution in [2.75, 3.05) is 39.3 Å². The van der Waals surface area contributed by atoms with Gasteiger partial charge in [0.1, 0.15) is 0 Å². The number of piperazine rings is 1. The van der Waals surface area contributed by atoms with Crippen LogP contribution in [0.3, 0.4) is 0 Å². The van der Waals surface area contributed by atoms with Gasteiger partial charge in [0.15, 0.2) is 0 Å². The first-order valence-electron chi connectivity index (χ1n) is 7.15. The van der Waals surface area contributed by atoms with Crippen LogP contribution in [-0.2, 0) is 4.79 Å². The number of hydrogen-bond donors (Lipinski definition) is 2. The Kier molecular flexibility index (Phi) is 5.12. The van der Waals surface area contributed by atoms with Crippen LogP contribution in [0.5, 0.6) is 0 Å². The van der Waals surface area contributed by atoms with Gasteiger partial charge in [-0.3, -0.25) is 9.59 Å². The van der Waals surface area contributed by atoms with E-state index >= 15 is 0 Å². The minimum absolute atomic E-state index is 0.00411. The Morgan fingerprint density at radius 3 is 2.45 bits per heavy atom. The van der Waals surface area contributed by atoms with E-state index in [-0.39, 0.29) is 18.4 Å². The molecule has 5 nitrogen and oxygen atoms in total. The van der Waals surface area contributed by atoms with Gasteiger partial charge in [-0.1, -0.05) is 18.2 Å². The molecular weight excluding hydrogens is 254 g/mol. The highest BCUT2D eigenvalue weighted by Crippen LogP contribution is 1.98. The van der Waals surface area contributed by atoms with Crippen LogP contribution >= 0.6 is 0 Å². The van der Waals surface area contributed by atoms with Gasteiger partial charge in [-0.2, -0.15) is 0 Å². The Morgan fingerprint density at radius 2 is 1.85 bits per heavy atom.